The number of thiocarbonyl (C=S) groups is 1. The fraction of sp³-hybridized carbons (Fsp3) is 0. The van der Waals surface area contributed by atoms with Gasteiger partial charge in [0.2, 0.25) is 0 Å². The summed E-state index contributed by atoms with van der Waals surface area (Å²) in [7, 11) is 0. The number of halogens is 3. The van der Waals surface area contributed by atoms with Crippen molar-refractivity contribution in [2.24, 2.45) is 5.73 Å². The predicted molar refractivity (Wildman–Crippen MR) is 69.2 cm³/mol. The van der Waals surface area contributed by atoms with Crippen molar-refractivity contribution in [2.45, 2.75) is 0 Å². The van der Waals surface area contributed by atoms with Gasteiger partial charge in [-0.15, -0.1) is 0 Å². The third kappa shape index (κ3) is 2.69. The molecular formula is C8H5Br2FN2O2S. The molecule has 0 fully saturated rings. The van der Waals surface area contributed by atoms with Crippen LogP contribution in [0.3, 0.4) is 0 Å². The Morgan fingerprint density at radius 1 is 1.50 bits per heavy atom. The molecule has 0 heterocycles. The van der Waals surface area contributed by atoms with Crippen molar-refractivity contribution < 1.29 is 14.3 Å². The minimum absolute atomic E-state index is 0.0132. The summed E-state index contributed by atoms with van der Waals surface area (Å²) in [5.41, 5.74) is 4.68. The molecule has 0 aromatic heterocycles. The van der Waals surface area contributed by atoms with Gasteiger partial charge >= 0.3 is 5.97 Å². The van der Waals surface area contributed by atoms with Gasteiger partial charge < -0.3 is 16.2 Å². The fourth-order valence-electron chi connectivity index (χ4n) is 1.04. The van der Waals surface area contributed by atoms with E-state index in [0.29, 0.717) is 4.47 Å². The molecule has 0 saturated heterocycles. The third-order valence-corrected chi connectivity index (χ3v) is 2.94. The van der Waals surface area contributed by atoms with Gasteiger partial charge in [-0.1, -0.05) is 0 Å². The summed E-state index contributed by atoms with van der Waals surface area (Å²) >= 11 is 10.6. The van der Waals surface area contributed by atoms with Crippen LogP contribution in [0.2, 0.25) is 0 Å². The lowest BCUT2D eigenvalue weighted by molar-refractivity contribution is 0.0693. The number of nitrogens with one attached hydrogen (secondary N) is 1. The molecule has 0 aliphatic rings. The molecule has 0 radical (unpaired) electrons. The molecule has 4 nitrogen and oxygen atoms in total. The molecule has 0 aliphatic heterocycles. The van der Waals surface area contributed by atoms with E-state index in [2.05, 4.69) is 49.4 Å². The molecule has 1 aromatic carbocycles. The molecule has 0 amide bonds. The first-order valence-corrected chi connectivity index (χ1v) is 5.81. The Bertz CT molecular complexity index is 482. The Hall–Kier alpha value is -0.730. The zero-order valence-corrected chi connectivity index (χ0v) is 11.5. The van der Waals surface area contributed by atoms with Gasteiger partial charge in [0.05, 0.1) is 10.2 Å². The lowest BCUT2D eigenvalue weighted by Gasteiger charge is -2.12. The Morgan fingerprint density at radius 3 is 2.50 bits per heavy atom. The molecule has 0 bridgehead atoms. The van der Waals surface area contributed by atoms with Crippen molar-refractivity contribution in [2.75, 3.05) is 5.32 Å². The maximum absolute atomic E-state index is 13.6. The van der Waals surface area contributed by atoms with Crippen LogP contribution in [0.4, 0.5) is 10.1 Å². The van der Waals surface area contributed by atoms with Crippen LogP contribution >= 0.6 is 44.1 Å². The minimum atomic E-state index is -1.42. The zero-order chi connectivity index (χ0) is 12.5. The molecule has 1 aromatic rings. The SMILES string of the molecule is NC(=S)Nc1c(Br)cc(Br)c(F)c1C(=O)O. The number of carbonyl (C=O) groups is 1. The zero-order valence-electron chi connectivity index (χ0n) is 7.55. The predicted octanol–water partition coefficient (Wildman–Crippen LogP) is 2.70. The van der Waals surface area contributed by atoms with E-state index >= 15 is 0 Å². The van der Waals surface area contributed by atoms with Crippen LogP contribution in [0.25, 0.3) is 0 Å². The average Bonchev–Trinajstić information content (AvgIpc) is 2.13. The van der Waals surface area contributed by atoms with Gasteiger partial charge in [0, 0.05) is 4.47 Å². The maximum Gasteiger partial charge on any atom is 0.340 e. The molecule has 4 N–H and O–H groups in total. The smallest absolute Gasteiger partial charge is 0.340 e. The summed E-state index contributed by atoms with van der Waals surface area (Å²) in [6.07, 6.45) is 0. The molecule has 0 aliphatic carbocycles. The molecule has 0 atom stereocenters. The van der Waals surface area contributed by atoms with Crippen LogP contribution in [0.1, 0.15) is 10.4 Å². The molecule has 16 heavy (non-hydrogen) atoms. The van der Waals surface area contributed by atoms with Crippen molar-refractivity contribution in [3.8, 4) is 0 Å². The van der Waals surface area contributed by atoms with Crippen LogP contribution in [0.5, 0.6) is 0 Å². The largest absolute Gasteiger partial charge is 0.478 e. The molecule has 8 heteroatoms. The number of hydrogen-bond acceptors (Lipinski definition) is 2. The summed E-state index contributed by atoms with van der Waals surface area (Å²) in [4.78, 5) is 10.9. The highest BCUT2D eigenvalue weighted by atomic mass is 79.9. The Kier molecular flexibility index (Phi) is 4.22. The van der Waals surface area contributed by atoms with E-state index < -0.39 is 17.3 Å². The molecule has 0 unspecified atom stereocenters. The second-order valence-electron chi connectivity index (χ2n) is 2.70. The van der Waals surface area contributed by atoms with Crippen molar-refractivity contribution >= 4 is 60.8 Å². The van der Waals surface area contributed by atoms with Crippen molar-refractivity contribution in [3.63, 3.8) is 0 Å². The minimum Gasteiger partial charge on any atom is -0.478 e. The topological polar surface area (TPSA) is 75.3 Å². The van der Waals surface area contributed by atoms with Gasteiger partial charge in [0.15, 0.2) is 10.9 Å². The number of anilines is 1. The highest BCUT2D eigenvalue weighted by Crippen LogP contribution is 2.33. The van der Waals surface area contributed by atoms with Gasteiger partial charge in [-0.3, -0.25) is 0 Å². The summed E-state index contributed by atoms with van der Waals surface area (Å²) in [5, 5.41) is 11.2. The Balaban J connectivity index is 3.50. The van der Waals surface area contributed by atoms with E-state index in [1.807, 2.05) is 0 Å². The van der Waals surface area contributed by atoms with Crippen LogP contribution < -0.4 is 11.1 Å². The highest BCUT2D eigenvalue weighted by molar-refractivity contribution is 9.11. The second-order valence-corrected chi connectivity index (χ2v) is 4.85. The highest BCUT2D eigenvalue weighted by Gasteiger charge is 2.22. The maximum atomic E-state index is 13.6. The van der Waals surface area contributed by atoms with Crippen molar-refractivity contribution in [3.05, 3.63) is 26.4 Å². The van der Waals surface area contributed by atoms with Crippen LogP contribution in [-0.4, -0.2) is 16.2 Å². The standard InChI is InChI=1S/C8H5Br2FN2O2S/c9-2-1-3(10)6(13-8(12)16)4(5(2)11)7(14)15/h1H,(H,14,15)(H3,12,13,16). The molecule has 0 spiro atoms. The molecule has 0 saturated carbocycles. The lowest BCUT2D eigenvalue weighted by atomic mass is 10.1. The quantitative estimate of drug-likeness (QED) is 0.550. The number of rotatable bonds is 2. The van der Waals surface area contributed by atoms with E-state index in [1.165, 1.54) is 6.07 Å². The summed E-state index contributed by atoms with van der Waals surface area (Å²) in [6.45, 7) is 0. The number of carboxylic acid groups (broad SMARTS) is 1. The molecule has 1 rings (SSSR count). The van der Waals surface area contributed by atoms with Crippen LogP contribution in [-0.2, 0) is 0 Å². The van der Waals surface area contributed by atoms with Crippen molar-refractivity contribution in [1.82, 2.24) is 0 Å². The summed E-state index contributed by atoms with van der Waals surface area (Å²) < 4.78 is 13.9. The van der Waals surface area contributed by atoms with Crippen LogP contribution in [0, 0.1) is 5.82 Å². The van der Waals surface area contributed by atoms with Gasteiger partial charge in [0.1, 0.15) is 5.56 Å². The monoisotopic (exact) mass is 370 g/mol. The summed E-state index contributed by atoms with van der Waals surface area (Å²) in [5.74, 6) is -2.31. The number of aromatic carboxylic acids is 1. The van der Waals surface area contributed by atoms with E-state index in [9.17, 15) is 9.18 Å². The Labute approximate surface area is 112 Å². The van der Waals surface area contributed by atoms with E-state index in [0.717, 1.165) is 0 Å². The van der Waals surface area contributed by atoms with E-state index in [4.69, 9.17) is 10.8 Å². The fourth-order valence-corrected chi connectivity index (χ4v) is 2.40. The lowest BCUT2D eigenvalue weighted by Crippen LogP contribution is -2.21. The van der Waals surface area contributed by atoms with Crippen molar-refractivity contribution in [1.29, 1.82) is 0 Å². The Morgan fingerprint density at radius 2 is 2.06 bits per heavy atom. The van der Waals surface area contributed by atoms with Crippen LogP contribution in [0.15, 0.2) is 15.0 Å². The van der Waals surface area contributed by atoms with Gasteiger partial charge in [-0.25, -0.2) is 9.18 Å². The first-order chi connectivity index (χ1) is 7.34. The number of benzene rings is 1. The average molecular weight is 372 g/mol. The molecule has 86 valence electrons. The summed E-state index contributed by atoms with van der Waals surface area (Å²) in [6, 6.07) is 1.36. The van der Waals surface area contributed by atoms with E-state index in [1.54, 1.807) is 0 Å². The number of nitrogens with two attached hydrogens (primary N) is 1. The number of carboxylic acids is 1. The van der Waals surface area contributed by atoms with Gasteiger partial charge in [-0.2, -0.15) is 0 Å². The van der Waals surface area contributed by atoms with Gasteiger partial charge in [0.25, 0.3) is 0 Å². The first-order valence-electron chi connectivity index (χ1n) is 3.81. The van der Waals surface area contributed by atoms with E-state index in [-0.39, 0.29) is 15.3 Å². The number of hydrogen-bond donors (Lipinski definition) is 3. The molecular weight excluding hydrogens is 367 g/mol. The first kappa shape index (κ1) is 13.3. The third-order valence-electron chi connectivity index (χ3n) is 1.63. The normalized spacial score (nSPS) is 9.94. The van der Waals surface area contributed by atoms with Gasteiger partial charge in [-0.05, 0) is 50.1 Å². The second kappa shape index (κ2) is 5.07.